The summed E-state index contributed by atoms with van der Waals surface area (Å²) in [6, 6.07) is 22.6. The minimum atomic E-state index is -2.51. The van der Waals surface area contributed by atoms with Gasteiger partial charge in [-0.2, -0.15) is 0 Å². The van der Waals surface area contributed by atoms with E-state index in [0.29, 0.717) is 5.56 Å². The Balaban J connectivity index is 1.30. The number of hydrogen-bond acceptors (Lipinski definition) is 18. The molecule has 3 aromatic rings. The number of Topliss-reactive ketones (excluding diaryl/α,β-unsaturated/α-hetero) is 1. The minimum absolute atomic E-state index is 0.0120. The first kappa shape index (κ1) is 51.5. The van der Waals surface area contributed by atoms with Gasteiger partial charge in [-0.25, -0.2) is 9.59 Å². The molecule has 19 heteroatoms. The average molecular weight is 986 g/mol. The molecule has 1 unspecified atom stereocenters. The summed E-state index contributed by atoms with van der Waals surface area (Å²) < 4.78 is 43.1. The quantitative estimate of drug-likeness (QED) is 0.0862. The summed E-state index contributed by atoms with van der Waals surface area (Å²) in [5.74, 6) is -7.31. The Morgan fingerprint density at radius 2 is 1.39 bits per heavy atom. The Hall–Kier alpha value is -5.90. The molecular formula is C52H59NO18. The van der Waals surface area contributed by atoms with Crippen molar-refractivity contribution in [1.82, 2.24) is 5.32 Å². The molecule has 2 bridgehead atoms. The maximum Gasteiger partial charge on any atom is 0.338 e. The number of ketones is 1. The third-order valence-electron chi connectivity index (χ3n) is 15.2. The number of rotatable bonds is 12. The van der Waals surface area contributed by atoms with Gasteiger partial charge in [-0.1, -0.05) is 80.6 Å². The second-order valence-corrected chi connectivity index (χ2v) is 19.7. The highest BCUT2D eigenvalue weighted by molar-refractivity contribution is 5.96. The average Bonchev–Trinajstić information content (AvgIpc) is 3.34. The first-order chi connectivity index (χ1) is 33.6. The number of carbonyl (C=O) groups is 6. The number of esters is 4. The van der Waals surface area contributed by atoms with E-state index in [1.54, 1.807) is 78.9 Å². The first-order valence-corrected chi connectivity index (χ1v) is 23.4. The summed E-state index contributed by atoms with van der Waals surface area (Å²) in [4.78, 5) is 85.6. The summed E-state index contributed by atoms with van der Waals surface area (Å²) in [6.07, 6.45) is -17.9. The molecule has 2 saturated carbocycles. The number of ether oxygens (including phenoxy) is 7. The van der Waals surface area contributed by atoms with Gasteiger partial charge >= 0.3 is 23.9 Å². The molecule has 0 radical (unpaired) electrons. The summed E-state index contributed by atoms with van der Waals surface area (Å²) >= 11 is 0. The number of nitrogens with one attached hydrogen (secondary N) is 1. The summed E-state index contributed by atoms with van der Waals surface area (Å²) in [7, 11) is 0. The van der Waals surface area contributed by atoms with Gasteiger partial charge in [-0.05, 0) is 54.8 Å². The van der Waals surface area contributed by atoms with Crippen molar-refractivity contribution in [3.8, 4) is 0 Å². The molecule has 2 saturated heterocycles. The van der Waals surface area contributed by atoms with Crippen molar-refractivity contribution in [3.63, 3.8) is 0 Å². The molecule has 0 spiro atoms. The van der Waals surface area contributed by atoms with Crippen LogP contribution in [0.4, 0.5) is 0 Å². The van der Waals surface area contributed by atoms with E-state index in [-0.39, 0.29) is 28.7 Å². The lowest BCUT2D eigenvalue weighted by Crippen LogP contribution is -2.82. The highest BCUT2D eigenvalue weighted by atomic mass is 16.7. The zero-order valence-electron chi connectivity index (χ0n) is 40.0. The highest BCUT2D eigenvalue weighted by Gasteiger charge is 2.79. The van der Waals surface area contributed by atoms with Gasteiger partial charge in [0, 0.05) is 37.7 Å². The Labute approximate surface area is 409 Å². The molecule has 3 aromatic carbocycles. The number of aliphatic hydroxyl groups excluding tert-OH is 4. The maximum absolute atomic E-state index is 16.2. The van der Waals surface area contributed by atoms with E-state index >= 15 is 4.79 Å². The van der Waals surface area contributed by atoms with Crippen molar-refractivity contribution in [1.29, 1.82) is 0 Å². The minimum Gasteiger partial charge on any atom is -0.456 e. The summed E-state index contributed by atoms with van der Waals surface area (Å²) in [5, 5.41) is 60.8. The van der Waals surface area contributed by atoms with Crippen LogP contribution in [-0.4, -0.2) is 147 Å². The first-order valence-electron chi connectivity index (χ1n) is 23.4. The zero-order valence-corrected chi connectivity index (χ0v) is 40.0. The Morgan fingerprint density at radius 3 is 1.97 bits per heavy atom. The van der Waals surface area contributed by atoms with Crippen molar-refractivity contribution < 1.29 is 87.5 Å². The molecule has 71 heavy (non-hydrogen) atoms. The number of aliphatic hydroxyl groups is 5. The number of fused-ring (bicyclic) bond motifs is 5. The van der Waals surface area contributed by atoms with Crippen LogP contribution < -0.4 is 5.32 Å². The number of benzene rings is 3. The van der Waals surface area contributed by atoms with E-state index in [4.69, 9.17) is 33.2 Å². The van der Waals surface area contributed by atoms with Crippen molar-refractivity contribution in [2.24, 2.45) is 16.7 Å². The molecule has 380 valence electrons. The van der Waals surface area contributed by atoms with Crippen molar-refractivity contribution in [2.45, 2.75) is 133 Å². The molecule has 2 aliphatic heterocycles. The van der Waals surface area contributed by atoms with Crippen LogP contribution in [0.3, 0.4) is 0 Å². The third-order valence-corrected chi connectivity index (χ3v) is 15.2. The molecule has 15 atom stereocenters. The molecule has 4 fully saturated rings. The van der Waals surface area contributed by atoms with Crippen LogP contribution in [0, 0.1) is 16.7 Å². The van der Waals surface area contributed by atoms with E-state index in [2.05, 4.69) is 5.32 Å². The van der Waals surface area contributed by atoms with Gasteiger partial charge in [0.15, 0.2) is 29.9 Å². The molecule has 2 heterocycles. The van der Waals surface area contributed by atoms with Gasteiger partial charge in [0.2, 0.25) is 0 Å². The molecular weight excluding hydrogens is 927 g/mol. The molecule has 3 aliphatic carbocycles. The Bertz CT molecular complexity index is 2560. The smallest absolute Gasteiger partial charge is 0.338 e. The molecule has 0 aromatic heterocycles. The van der Waals surface area contributed by atoms with E-state index in [1.165, 1.54) is 39.8 Å². The van der Waals surface area contributed by atoms with E-state index in [0.717, 1.165) is 13.8 Å². The second kappa shape index (κ2) is 19.6. The van der Waals surface area contributed by atoms with Gasteiger partial charge < -0.3 is 64.0 Å². The monoisotopic (exact) mass is 985 g/mol. The van der Waals surface area contributed by atoms with Crippen LogP contribution in [0.15, 0.2) is 102 Å². The van der Waals surface area contributed by atoms with Gasteiger partial charge in [-0.3, -0.25) is 19.2 Å². The fourth-order valence-corrected chi connectivity index (χ4v) is 11.4. The highest BCUT2D eigenvalue weighted by Crippen LogP contribution is 2.65. The molecule has 6 N–H and O–H groups in total. The van der Waals surface area contributed by atoms with Crippen LogP contribution in [0.5, 0.6) is 0 Å². The predicted molar refractivity (Wildman–Crippen MR) is 244 cm³/mol. The van der Waals surface area contributed by atoms with Crippen LogP contribution in [0.1, 0.15) is 86.7 Å². The Kier molecular flexibility index (Phi) is 14.2. The lowest BCUT2D eigenvalue weighted by Gasteiger charge is -2.68. The second-order valence-electron chi connectivity index (χ2n) is 19.7. The topological polar surface area (TPSA) is 280 Å². The molecule has 1 amide bonds. The van der Waals surface area contributed by atoms with Crippen LogP contribution in [0.25, 0.3) is 0 Å². The number of hydrogen-bond donors (Lipinski definition) is 6. The lowest BCUT2D eigenvalue weighted by molar-refractivity contribution is -0.366. The van der Waals surface area contributed by atoms with Crippen LogP contribution in [-0.2, 0) is 52.3 Å². The van der Waals surface area contributed by atoms with Gasteiger partial charge in [-0.15, -0.1) is 0 Å². The number of amides is 1. The largest absolute Gasteiger partial charge is 0.456 e. The van der Waals surface area contributed by atoms with E-state index in [9.17, 15) is 49.5 Å². The lowest BCUT2D eigenvalue weighted by atomic mass is 9.44. The normalized spacial score (nSPS) is 34.8. The van der Waals surface area contributed by atoms with Crippen molar-refractivity contribution in [3.05, 3.63) is 119 Å². The molecule has 19 nitrogen and oxygen atoms in total. The summed E-state index contributed by atoms with van der Waals surface area (Å²) in [6.45, 7) is 7.24. The van der Waals surface area contributed by atoms with Crippen LogP contribution in [0.2, 0.25) is 0 Å². The summed E-state index contributed by atoms with van der Waals surface area (Å²) in [5.41, 5.74) is -7.76. The standard InChI is InChI=1S/C52H59NO18/c1-26-33(68-47(63)39(58)37(29-16-10-7-11-17-29)53-45(61)30-18-12-8-13-19-30)23-52(64)44(70-46(62)31-20-14-9-15-21-31)42-50(6,43(60)41(67-27(2)54)36(26)49(52,4)5)34(22-35-51(42,25-66-35)71-28(3)55)69-48-40(59)38(57)32(56)24-65-48/h7-21,32-35,37-42,44,48,56-59,64H,22-25H2,1-6H3,(H,53,61)/t32-,33+,34+,35-,37+,38+,39-,40-,41-,42+,44+,48?,50-,51+,52-/m1/s1. The van der Waals surface area contributed by atoms with Gasteiger partial charge in [0.05, 0.1) is 42.3 Å². The van der Waals surface area contributed by atoms with Gasteiger partial charge in [0.25, 0.3) is 5.91 Å². The number of carbonyl (C=O) groups excluding carboxylic acids is 6. The van der Waals surface area contributed by atoms with Gasteiger partial charge in [0.1, 0.15) is 42.2 Å². The maximum atomic E-state index is 16.2. The van der Waals surface area contributed by atoms with Crippen LogP contribution >= 0.6 is 0 Å². The fourth-order valence-electron chi connectivity index (χ4n) is 11.4. The Morgan fingerprint density at radius 1 is 0.789 bits per heavy atom. The third kappa shape index (κ3) is 8.96. The molecule has 5 aliphatic rings. The van der Waals surface area contributed by atoms with E-state index < -0.39 is 150 Å². The fraction of sp³-hybridized carbons (Fsp3) is 0.500. The zero-order chi connectivity index (χ0) is 51.4. The van der Waals surface area contributed by atoms with Crippen molar-refractivity contribution >= 4 is 35.6 Å². The SMILES string of the molecule is CC(=O)O[C@H]1C(=O)[C@]2(C)[C@@H](OC3OC[C@@H](O)[C@H](O)[C@H]3O)C[C@H]3OC[C@@]3(OC(C)=O)[C@H]2[C@H](OC(=O)c2ccccc2)[C@]2(O)C[C@H](OC(=O)[C@H](O)[C@@H](NC(=O)c3ccccc3)c3ccccc3)C(C)=C1C2(C)C. The predicted octanol–water partition coefficient (Wildman–Crippen LogP) is 2.20. The van der Waals surface area contributed by atoms with Crippen molar-refractivity contribution in [2.75, 3.05) is 13.2 Å². The molecule has 8 rings (SSSR count). The van der Waals surface area contributed by atoms with E-state index in [1.807, 2.05) is 0 Å².